The molecule has 1 heterocycles. The minimum atomic E-state index is -0.521. The second kappa shape index (κ2) is 8.71. The van der Waals surface area contributed by atoms with E-state index in [-0.39, 0.29) is 25.2 Å². The van der Waals surface area contributed by atoms with Crippen LogP contribution in [-0.4, -0.2) is 43.1 Å². The fourth-order valence-corrected chi connectivity index (χ4v) is 2.72. The van der Waals surface area contributed by atoms with Crippen molar-refractivity contribution in [2.75, 3.05) is 25.7 Å². The average Bonchev–Trinajstić information content (AvgIpc) is 3.13. The Morgan fingerprint density at radius 1 is 1.18 bits per heavy atom. The van der Waals surface area contributed by atoms with E-state index in [0.29, 0.717) is 23.7 Å². The summed E-state index contributed by atoms with van der Waals surface area (Å²) < 4.78 is 23.8. The van der Waals surface area contributed by atoms with Crippen LogP contribution in [0.5, 0.6) is 11.5 Å². The van der Waals surface area contributed by atoms with Crippen LogP contribution >= 0.6 is 0 Å². The summed E-state index contributed by atoms with van der Waals surface area (Å²) in [7, 11) is 1.68. The molecular weight excluding hydrogens is 365 g/mol. The Labute approximate surface area is 162 Å². The highest BCUT2D eigenvalue weighted by atomic mass is 19.1. The first-order valence-electron chi connectivity index (χ1n) is 8.84. The van der Waals surface area contributed by atoms with Gasteiger partial charge in [-0.1, -0.05) is 12.1 Å². The van der Waals surface area contributed by atoms with E-state index in [9.17, 15) is 14.0 Å². The molecule has 2 N–H and O–H groups in total. The predicted octanol–water partition coefficient (Wildman–Crippen LogP) is 2.13. The first-order chi connectivity index (χ1) is 13.4. The van der Waals surface area contributed by atoms with Gasteiger partial charge in [-0.15, -0.1) is 0 Å². The lowest BCUT2D eigenvalue weighted by Crippen LogP contribution is -2.45. The number of benzene rings is 2. The minimum Gasteiger partial charge on any atom is -0.454 e. The third-order valence-electron chi connectivity index (χ3n) is 4.45. The van der Waals surface area contributed by atoms with Crippen LogP contribution < -0.4 is 20.1 Å². The molecule has 28 heavy (non-hydrogen) atoms. The first-order valence-corrected chi connectivity index (χ1v) is 8.84. The van der Waals surface area contributed by atoms with Gasteiger partial charge in [0.2, 0.25) is 18.6 Å². The Morgan fingerprint density at radius 2 is 1.96 bits per heavy atom. The van der Waals surface area contributed by atoms with Gasteiger partial charge in [0.05, 0.1) is 12.6 Å². The summed E-state index contributed by atoms with van der Waals surface area (Å²) in [5, 5.41) is 5.45. The van der Waals surface area contributed by atoms with Crippen molar-refractivity contribution in [3.05, 3.63) is 53.8 Å². The molecule has 1 aliphatic heterocycles. The number of amides is 2. The van der Waals surface area contributed by atoms with Gasteiger partial charge >= 0.3 is 0 Å². The summed E-state index contributed by atoms with van der Waals surface area (Å²) in [6, 6.07) is 10.6. The van der Waals surface area contributed by atoms with Crippen molar-refractivity contribution in [1.29, 1.82) is 0 Å². The highest BCUT2D eigenvalue weighted by molar-refractivity contribution is 5.92. The summed E-state index contributed by atoms with van der Waals surface area (Å²) in [4.78, 5) is 26.1. The number of nitrogens with one attached hydrogen (secondary N) is 2. The number of carbonyl (C=O) groups is 2. The van der Waals surface area contributed by atoms with E-state index in [1.165, 1.54) is 18.2 Å². The van der Waals surface area contributed by atoms with Crippen LogP contribution in [0, 0.1) is 5.82 Å². The molecule has 1 aliphatic rings. The molecule has 7 nitrogen and oxygen atoms in total. The molecular formula is C20H22FN3O4. The molecule has 0 bridgehead atoms. The van der Waals surface area contributed by atoms with Gasteiger partial charge < -0.3 is 20.1 Å². The maximum Gasteiger partial charge on any atom is 0.238 e. The van der Waals surface area contributed by atoms with Crippen molar-refractivity contribution in [2.45, 2.75) is 19.5 Å². The Morgan fingerprint density at radius 3 is 2.75 bits per heavy atom. The second-order valence-corrected chi connectivity index (χ2v) is 6.56. The van der Waals surface area contributed by atoms with Gasteiger partial charge in [-0.05, 0) is 49.9 Å². The number of nitrogens with zero attached hydrogens (tertiary/aromatic N) is 1. The van der Waals surface area contributed by atoms with Crippen molar-refractivity contribution >= 4 is 17.5 Å². The van der Waals surface area contributed by atoms with Gasteiger partial charge in [0.25, 0.3) is 0 Å². The van der Waals surface area contributed by atoms with Gasteiger partial charge in [0, 0.05) is 12.2 Å². The highest BCUT2D eigenvalue weighted by Gasteiger charge is 2.20. The normalized spacial score (nSPS) is 13.3. The van der Waals surface area contributed by atoms with E-state index < -0.39 is 11.9 Å². The quantitative estimate of drug-likeness (QED) is 0.761. The van der Waals surface area contributed by atoms with Crippen LogP contribution in [0.4, 0.5) is 10.1 Å². The van der Waals surface area contributed by atoms with Crippen LogP contribution in [-0.2, 0) is 16.1 Å². The number of hydrogen-bond donors (Lipinski definition) is 2. The summed E-state index contributed by atoms with van der Waals surface area (Å²) in [5.41, 5.74) is 1.26. The van der Waals surface area contributed by atoms with E-state index >= 15 is 0 Å². The number of ether oxygens (including phenoxy) is 2. The number of halogens is 1. The molecule has 0 radical (unpaired) electrons. The smallest absolute Gasteiger partial charge is 0.238 e. The zero-order valence-corrected chi connectivity index (χ0v) is 15.7. The SMILES string of the molecule is C[C@@H](C(=O)NCc1ccc2c(c1)OCO2)N(C)CC(=O)Nc1cccc(F)c1. The number of rotatable bonds is 7. The molecule has 0 unspecified atom stereocenters. The van der Waals surface area contributed by atoms with Gasteiger partial charge in [-0.2, -0.15) is 0 Å². The zero-order chi connectivity index (χ0) is 20.1. The fraction of sp³-hybridized carbons (Fsp3) is 0.300. The van der Waals surface area contributed by atoms with Crippen molar-refractivity contribution in [1.82, 2.24) is 10.2 Å². The molecule has 2 aromatic rings. The van der Waals surface area contributed by atoms with E-state index in [4.69, 9.17) is 9.47 Å². The molecule has 8 heteroatoms. The number of likely N-dealkylation sites (N-methyl/N-ethyl adjacent to an activating group) is 1. The van der Waals surface area contributed by atoms with Gasteiger partial charge in [0.15, 0.2) is 11.5 Å². The number of anilines is 1. The van der Waals surface area contributed by atoms with Crippen molar-refractivity contribution in [3.63, 3.8) is 0 Å². The zero-order valence-electron chi connectivity index (χ0n) is 15.7. The van der Waals surface area contributed by atoms with Gasteiger partial charge in [0.1, 0.15) is 5.82 Å². The Kier molecular flexibility index (Phi) is 6.10. The number of hydrogen-bond acceptors (Lipinski definition) is 5. The summed E-state index contributed by atoms with van der Waals surface area (Å²) in [6.07, 6.45) is 0. The third-order valence-corrected chi connectivity index (χ3v) is 4.45. The Balaban J connectivity index is 1.47. The van der Waals surface area contributed by atoms with E-state index in [1.54, 1.807) is 31.0 Å². The van der Waals surface area contributed by atoms with Crippen molar-refractivity contribution in [3.8, 4) is 11.5 Å². The van der Waals surface area contributed by atoms with E-state index in [2.05, 4.69) is 10.6 Å². The monoisotopic (exact) mass is 387 g/mol. The molecule has 0 saturated carbocycles. The number of fused-ring (bicyclic) bond motifs is 1. The average molecular weight is 387 g/mol. The van der Waals surface area contributed by atoms with Crippen LogP contribution in [0.1, 0.15) is 12.5 Å². The lowest BCUT2D eigenvalue weighted by atomic mass is 10.2. The van der Waals surface area contributed by atoms with Crippen LogP contribution in [0.25, 0.3) is 0 Å². The molecule has 0 fully saturated rings. The fourth-order valence-electron chi connectivity index (χ4n) is 2.72. The minimum absolute atomic E-state index is 0.00484. The molecule has 1 atom stereocenters. The van der Waals surface area contributed by atoms with E-state index in [0.717, 1.165) is 5.56 Å². The lowest BCUT2D eigenvalue weighted by Gasteiger charge is -2.23. The van der Waals surface area contributed by atoms with Crippen LogP contribution in [0.3, 0.4) is 0 Å². The second-order valence-electron chi connectivity index (χ2n) is 6.56. The summed E-state index contributed by atoms with van der Waals surface area (Å²) >= 11 is 0. The van der Waals surface area contributed by atoms with Crippen LogP contribution in [0.2, 0.25) is 0 Å². The molecule has 148 valence electrons. The maximum atomic E-state index is 13.2. The summed E-state index contributed by atoms with van der Waals surface area (Å²) in [5.74, 6) is 0.378. The Hall–Kier alpha value is -3.13. The molecule has 0 aliphatic carbocycles. The van der Waals surface area contributed by atoms with E-state index in [1.807, 2.05) is 12.1 Å². The molecule has 0 spiro atoms. The lowest BCUT2D eigenvalue weighted by molar-refractivity contribution is -0.126. The largest absolute Gasteiger partial charge is 0.454 e. The molecule has 3 rings (SSSR count). The predicted molar refractivity (Wildman–Crippen MR) is 102 cm³/mol. The Bertz CT molecular complexity index is 874. The molecule has 0 saturated heterocycles. The maximum absolute atomic E-state index is 13.2. The number of carbonyl (C=O) groups excluding carboxylic acids is 2. The molecule has 2 amide bonds. The summed E-state index contributed by atoms with van der Waals surface area (Å²) in [6.45, 7) is 2.24. The van der Waals surface area contributed by atoms with Crippen molar-refractivity contribution in [2.24, 2.45) is 0 Å². The molecule has 2 aromatic carbocycles. The van der Waals surface area contributed by atoms with Gasteiger partial charge in [-0.3, -0.25) is 14.5 Å². The highest BCUT2D eigenvalue weighted by Crippen LogP contribution is 2.32. The first kappa shape index (κ1) is 19.6. The van der Waals surface area contributed by atoms with Crippen molar-refractivity contribution < 1.29 is 23.5 Å². The topological polar surface area (TPSA) is 79.9 Å². The third kappa shape index (κ3) is 4.98. The molecule has 0 aromatic heterocycles. The standard InChI is InChI=1S/C20H22FN3O4/c1-13(24(2)11-19(25)23-16-5-3-4-15(21)9-16)20(26)22-10-14-6-7-17-18(8-14)28-12-27-17/h3-9,13H,10-12H2,1-2H3,(H,22,26)(H,23,25)/t13-/m0/s1. The van der Waals surface area contributed by atoms with Gasteiger partial charge in [-0.25, -0.2) is 4.39 Å². The van der Waals surface area contributed by atoms with Crippen LogP contribution in [0.15, 0.2) is 42.5 Å².